The maximum absolute atomic E-state index is 10.6. The zero-order chi connectivity index (χ0) is 13.9. The fourth-order valence-electron chi connectivity index (χ4n) is 1.92. The van der Waals surface area contributed by atoms with Crippen LogP contribution in [0.4, 0.5) is 0 Å². The predicted molar refractivity (Wildman–Crippen MR) is 77.0 cm³/mol. The highest BCUT2D eigenvalue weighted by atomic mass is 16.5. The summed E-state index contributed by atoms with van der Waals surface area (Å²) in [6, 6.07) is 15.1. The molecule has 2 aromatic rings. The van der Waals surface area contributed by atoms with Crippen LogP contribution in [0.25, 0.3) is 0 Å². The van der Waals surface area contributed by atoms with Gasteiger partial charge < -0.3 is 4.74 Å². The van der Waals surface area contributed by atoms with E-state index in [1.54, 1.807) is 12.1 Å². The largest absolute Gasteiger partial charge is 0.457 e. The minimum absolute atomic E-state index is 0.0271. The lowest BCUT2D eigenvalue weighted by atomic mass is 9.86. The van der Waals surface area contributed by atoms with Crippen LogP contribution in [0.15, 0.2) is 48.5 Å². The summed E-state index contributed by atoms with van der Waals surface area (Å²) in [5.74, 6) is 1.59. The van der Waals surface area contributed by atoms with E-state index in [2.05, 4.69) is 26.8 Å². The first kappa shape index (κ1) is 13.3. The molecule has 0 N–H and O–H groups in total. The van der Waals surface area contributed by atoms with E-state index < -0.39 is 0 Å². The van der Waals surface area contributed by atoms with Gasteiger partial charge in [0.2, 0.25) is 0 Å². The molecule has 0 aromatic heterocycles. The highest BCUT2D eigenvalue weighted by Crippen LogP contribution is 2.33. The molecule has 0 fully saturated rings. The molecule has 0 saturated carbocycles. The van der Waals surface area contributed by atoms with Gasteiger partial charge in [0.1, 0.15) is 17.8 Å². The van der Waals surface area contributed by atoms with Crippen LogP contribution >= 0.6 is 0 Å². The van der Waals surface area contributed by atoms with Gasteiger partial charge in [0.15, 0.2) is 0 Å². The average molecular weight is 254 g/mol. The molecule has 0 saturated heterocycles. The molecule has 0 amide bonds. The van der Waals surface area contributed by atoms with Crippen molar-refractivity contribution >= 4 is 6.29 Å². The maximum atomic E-state index is 10.6. The zero-order valence-corrected chi connectivity index (χ0v) is 11.5. The Hall–Kier alpha value is -2.09. The number of carbonyl (C=O) groups is 1. The quantitative estimate of drug-likeness (QED) is 0.749. The number of para-hydroxylation sites is 1. The number of hydrogen-bond donors (Lipinski definition) is 0. The average Bonchev–Trinajstić information content (AvgIpc) is 2.39. The van der Waals surface area contributed by atoms with Crippen molar-refractivity contribution in [2.24, 2.45) is 0 Å². The van der Waals surface area contributed by atoms with Crippen LogP contribution in [-0.2, 0) is 5.41 Å². The summed E-state index contributed by atoms with van der Waals surface area (Å²) in [4.78, 5) is 10.6. The Morgan fingerprint density at radius 1 is 0.947 bits per heavy atom. The van der Waals surface area contributed by atoms with Crippen molar-refractivity contribution < 1.29 is 9.53 Å². The van der Waals surface area contributed by atoms with Crippen LogP contribution in [0, 0.1) is 0 Å². The molecule has 0 bridgehead atoms. The summed E-state index contributed by atoms with van der Waals surface area (Å²) in [6.45, 7) is 6.47. The molecular weight excluding hydrogens is 236 g/mol. The Labute approximate surface area is 114 Å². The normalized spacial score (nSPS) is 11.1. The Balaban J connectivity index is 2.30. The fourth-order valence-corrected chi connectivity index (χ4v) is 1.92. The molecule has 0 unspecified atom stereocenters. The number of carbonyl (C=O) groups excluding carboxylic acids is 1. The molecular formula is C17H18O2. The van der Waals surface area contributed by atoms with Gasteiger partial charge in [-0.05, 0) is 35.7 Å². The van der Waals surface area contributed by atoms with Gasteiger partial charge in [0, 0.05) is 11.1 Å². The van der Waals surface area contributed by atoms with Gasteiger partial charge in [0.05, 0.1) is 0 Å². The van der Waals surface area contributed by atoms with Gasteiger partial charge in [-0.25, -0.2) is 0 Å². The summed E-state index contributed by atoms with van der Waals surface area (Å²) >= 11 is 0. The standard InChI is InChI=1S/C17H18O2/c1-17(2,3)15-6-4-5-7-16(15)19-14-10-8-13(12-18)9-11-14/h4-12H,1-3H3. The van der Waals surface area contributed by atoms with E-state index in [1.165, 1.54) is 0 Å². The van der Waals surface area contributed by atoms with Crippen molar-refractivity contribution in [2.75, 3.05) is 0 Å². The fraction of sp³-hybridized carbons (Fsp3) is 0.235. The predicted octanol–water partition coefficient (Wildman–Crippen LogP) is 4.59. The molecule has 0 spiro atoms. The van der Waals surface area contributed by atoms with Crippen LogP contribution in [-0.4, -0.2) is 6.29 Å². The Morgan fingerprint density at radius 2 is 1.58 bits per heavy atom. The third-order valence-electron chi connectivity index (χ3n) is 2.94. The van der Waals surface area contributed by atoms with Crippen LogP contribution in [0.5, 0.6) is 11.5 Å². The second-order valence-corrected chi connectivity index (χ2v) is 5.54. The van der Waals surface area contributed by atoms with Crippen molar-refractivity contribution in [1.82, 2.24) is 0 Å². The lowest BCUT2D eigenvalue weighted by molar-refractivity contribution is 0.112. The van der Waals surface area contributed by atoms with E-state index in [9.17, 15) is 4.79 Å². The van der Waals surface area contributed by atoms with Gasteiger partial charge in [-0.3, -0.25) is 4.79 Å². The molecule has 0 aliphatic rings. The highest BCUT2D eigenvalue weighted by Gasteiger charge is 2.18. The molecule has 0 aliphatic carbocycles. The van der Waals surface area contributed by atoms with Crippen LogP contribution in [0.2, 0.25) is 0 Å². The number of aldehydes is 1. The second-order valence-electron chi connectivity index (χ2n) is 5.54. The minimum Gasteiger partial charge on any atom is -0.457 e. The number of ether oxygens (including phenoxy) is 1. The molecule has 2 aromatic carbocycles. The van der Waals surface area contributed by atoms with Crippen molar-refractivity contribution in [3.8, 4) is 11.5 Å². The summed E-state index contributed by atoms with van der Waals surface area (Å²) in [5, 5.41) is 0. The Morgan fingerprint density at radius 3 is 2.16 bits per heavy atom. The smallest absolute Gasteiger partial charge is 0.150 e. The summed E-state index contributed by atoms with van der Waals surface area (Å²) < 4.78 is 5.92. The first-order valence-corrected chi connectivity index (χ1v) is 6.33. The van der Waals surface area contributed by atoms with Gasteiger partial charge in [-0.1, -0.05) is 39.0 Å². The second kappa shape index (κ2) is 5.27. The maximum Gasteiger partial charge on any atom is 0.150 e. The lowest BCUT2D eigenvalue weighted by Gasteiger charge is -2.22. The van der Waals surface area contributed by atoms with Crippen molar-refractivity contribution in [1.29, 1.82) is 0 Å². The SMILES string of the molecule is CC(C)(C)c1ccccc1Oc1ccc(C=O)cc1. The van der Waals surface area contributed by atoms with E-state index in [0.717, 1.165) is 23.3 Å². The summed E-state index contributed by atoms with van der Waals surface area (Å²) in [7, 11) is 0. The van der Waals surface area contributed by atoms with E-state index in [-0.39, 0.29) is 5.41 Å². The van der Waals surface area contributed by atoms with Crippen LogP contribution in [0.1, 0.15) is 36.7 Å². The van der Waals surface area contributed by atoms with Gasteiger partial charge in [-0.2, -0.15) is 0 Å². The Bertz CT molecular complexity index is 563. The molecule has 98 valence electrons. The monoisotopic (exact) mass is 254 g/mol. The number of benzene rings is 2. The molecule has 0 radical (unpaired) electrons. The molecule has 0 atom stereocenters. The van der Waals surface area contributed by atoms with E-state index >= 15 is 0 Å². The van der Waals surface area contributed by atoms with Gasteiger partial charge >= 0.3 is 0 Å². The minimum atomic E-state index is 0.0271. The molecule has 0 heterocycles. The van der Waals surface area contributed by atoms with Gasteiger partial charge in [-0.15, -0.1) is 0 Å². The van der Waals surface area contributed by atoms with E-state index in [0.29, 0.717) is 5.56 Å². The zero-order valence-electron chi connectivity index (χ0n) is 11.5. The lowest BCUT2D eigenvalue weighted by Crippen LogP contribution is -2.12. The van der Waals surface area contributed by atoms with E-state index in [1.807, 2.05) is 30.3 Å². The molecule has 2 rings (SSSR count). The van der Waals surface area contributed by atoms with Crippen molar-refractivity contribution in [3.05, 3.63) is 59.7 Å². The summed E-state index contributed by atoms with van der Waals surface area (Å²) in [5.41, 5.74) is 1.84. The molecule has 2 heteroatoms. The van der Waals surface area contributed by atoms with Crippen LogP contribution in [0.3, 0.4) is 0 Å². The first-order valence-electron chi connectivity index (χ1n) is 6.33. The van der Waals surface area contributed by atoms with Crippen molar-refractivity contribution in [3.63, 3.8) is 0 Å². The van der Waals surface area contributed by atoms with Crippen LogP contribution < -0.4 is 4.74 Å². The highest BCUT2D eigenvalue weighted by molar-refractivity contribution is 5.74. The third kappa shape index (κ3) is 3.22. The van der Waals surface area contributed by atoms with Crippen molar-refractivity contribution in [2.45, 2.75) is 26.2 Å². The molecule has 19 heavy (non-hydrogen) atoms. The number of hydrogen-bond acceptors (Lipinski definition) is 2. The number of rotatable bonds is 3. The van der Waals surface area contributed by atoms with Gasteiger partial charge in [0.25, 0.3) is 0 Å². The first-order chi connectivity index (χ1) is 9.00. The topological polar surface area (TPSA) is 26.3 Å². The molecule has 2 nitrogen and oxygen atoms in total. The summed E-state index contributed by atoms with van der Waals surface area (Å²) in [6.07, 6.45) is 0.826. The van der Waals surface area contributed by atoms with E-state index in [4.69, 9.17) is 4.74 Å². The third-order valence-corrected chi connectivity index (χ3v) is 2.94. The Kier molecular flexibility index (Phi) is 3.70. The molecule has 0 aliphatic heterocycles.